The number of urea groups is 1. The standard InChI is InChI=1S/C13H18N4O2/c1-8-4-2-7-11(15-8)17-13(19)16-10-6-3-5-9(10)12(14)18/h2,4,7,9-10H,3,5-6H2,1H3,(H2,14,18)(H2,15,16,17,19)/t9-,10+/m1/s1. The second kappa shape index (κ2) is 5.69. The van der Waals surface area contributed by atoms with E-state index in [4.69, 9.17) is 5.73 Å². The van der Waals surface area contributed by atoms with Crippen molar-refractivity contribution in [2.45, 2.75) is 32.2 Å². The molecular weight excluding hydrogens is 244 g/mol. The van der Waals surface area contributed by atoms with Gasteiger partial charge in [0.1, 0.15) is 5.82 Å². The zero-order valence-electron chi connectivity index (χ0n) is 10.8. The van der Waals surface area contributed by atoms with Crippen molar-refractivity contribution < 1.29 is 9.59 Å². The lowest BCUT2D eigenvalue weighted by Crippen LogP contribution is -2.44. The minimum Gasteiger partial charge on any atom is -0.369 e. The second-order valence-electron chi connectivity index (χ2n) is 4.81. The van der Waals surface area contributed by atoms with Crippen molar-refractivity contribution >= 4 is 17.8 Å². The molecule has 1 aromatic heterocycles. The number of hydrogen-bond donors (Lipinski definition) is 3. The predicted octanol–water partition coefficient (Wildman–Crippen LogP) is 1.17. The third kappa shape index (κ3) is 3.43. The molecule has 0 aromatic carbocycles. The van der Waals surface area contributed by atoms with Crippen molar-refractivity contribution in [3.63, 3.8) is 0 Å². The average Bonchev–Trinajstić information content (AvgIpc) is 2.76. The molecule has 0 unspecified atom stereocenters. The number of anilines is 1. The van der Waals surface area contributed by atoms with Crippen LogP contribution < -0.4 is 16.4 Å². The Bertz CT molecular complexity index is 489. The van der Waals surface area contributed by atoms with Gasteiger partial charge in [-0.25, -0.2) is 9.78 Å². The fourth-order valence-electron chi connectivity index (χ4n) is 2.41. The van der Waals surface area contributed by atoms with Gasteiger partial charge in [0.05, 0.1) is 5.92 Å². The molecule has 1 aromatic rings. The molecule has 0 spiro atoms. The van der Waals surface area contributed by atoms with Crippen LogP contribution in [0.15, 0.2) is 18.2 Å². The first-order valence-corrected chi connectivity index (χ1v) is 6.37. The van der Waals surface area contributed by atoms with Crippen LogP contribution in [0.4, 0.5) is 10.6 Å². The molecule has 2 atom stereocenters. The Morgan fingerprint density at radius 1 is 1.37 bits per heavy atom. The first-order valence-electron chi connectivity index (χ1n) is 6.37. The predicted molar refractivity (Wildman–Crippen MR) is 71.5 cm³/mol. The Balaban J connectivity index is 1.92. The zero-order chi connectivity index (χ0) is 13.8. The highest BCUT2D eigenvalue weighted by Crippen LogP contribution is 2.25. The first kappa shape index (κ1) is 13.3. The van der Waals surface area contributed by atoms with E-state index in [1.54, 1.807) is 6.07 Å². The van der Waals surface area contributed by atoms with Crippen LogP contribution in [0.1, 0.15) is 25.0 Å². The summed E-state index contributed by atoms with van der Waals surface area (Å²) in [5, 5.41) is 5.44. The van der Waals surface area contributed by atoms with Gasteiger partial charge < -0.3 is 11.1 Å². The lowest BCUT2D eigenvalue weighted by atomic mass is 10.0. The van der Waals surface area contributed by atoms with Crippen LogP contribution >= 0.6 is 0 Å². The number of nitrogens with two attached hydrogens (primary N) is 1. The summed E-state index contributed by atoms with van der Waals surface area (Å²) in [6, 6.07) is 4.86. The van der Waals surface area contributed by atoms with Crippen molar-refractivity contribution in [2.24, 2.45) is 11.7 Å². The van der Waals surface area contributed by atoms with Crippen molar-refractivity contribution in [3.05, 3.63) is 23.9 Å². The summed E-state index contributed by atoms with van der Waals surface area (Å²) in [5.41, 5.74) is 6.14. The first-order chi connectivity index (χ1) is 9.06. The number of carbonyl (C=O) groups excluding carboxylic acids is 2. The van der Waals surface area contributed by atoms with E-state index in [1.807, 2.05) is 19.1 Å². The number of pyridine rings is 1. The number of carbonyl (C=O) groups is 2. The fraction of sp³-hybridized carbons (Fsp3) is 0.462. The van der Waals surface area contributed by atoms with Gasteiger partial charge in [0.15, 0.2) is 0 Å². The SMILES string of the molecule is Cc1cccc(NC(=O)N[C@H]2CCC[C@H]2C(N)=O)n1. The van der Waals surface area contributed by atoms with Crippen molar-refractivity contribution in [2.75, 3.05) is 5.32 Å². The third-order valence-corrected chi connectivity index (χ3v) is 3.33. The van der Waals surface area contributed by atoms with E-state index in [1.165, 1.54) is 0 Å². The molecule has 1 heterocycles. The average molecular weight is 262 g/mol. The van der Waals surface area contributed by atoms with Crippen LogP contribution in [-0.2, 0) is 4.79 Å². The fourth-order valence-corrected chi connectivity index (χ4v) is 2.41. The van der Waals surface area contributed by atoms with E-state index in [0.717, 1.165) is 25.0 Å². The van der Waals surface area contributed by atoms with E-state index in [2.05, 4.69) is 15.6 Å². The van der Waals surface area contributed by atoms with Crippen LogP contribution in [0.5, 0.6) is 0 Å². The number of amides is 3. The van der Waals surface area contributed by atoms with Gasteiger partial charge in [0.2, 0.25) is 5.91 Å². The number of primary amides is 1. The topological polar surface area (TPSA) is 97.1 Å². The van der Waals surface area contributed by atoms with Gasteiger partial charge in [-0.15, -0.1) is 0 Å². The minimum absolute atomic E-state index is 0.178. The van der Waals surface area contributed by atoms with Gasteiger partial charge in [-0.2, -0.15) is 0 Å². The lowest BCUT2D eigenvalue weighted by molar-refractivity contribution is -0.122. The molecule has 1 saturated carbocycles. The Kier molecular flexibility index (Phi) is 3.99. The highest BCUT2D eigenvalue weighted by atomic mass is 16.2. The molecule has 19 heavy (non-hydrogen) atoms. The molecule has 0 saturated heterocycles. The van der Waals surface area contributed by atoms with Gasteiger partial charge in [0, 0.05) is 11.7 Å². The highest BCUT2D eigenvalue weighted by molar-refractivity contribution is 5.89. The van der Waals surface area contributed by atoms with E-state index in [9.17, 15) is 9.59 Å². The maximum absolute atomic E-state index is 11.8. The van der Waals surface area contributed by atoms with Crippen LogP contribution in [-0.4, -0.2) is 23.0 Å². The number of aromatic nitrogens is 1. The summed E-state index contributed by atoms with van der Waals surface area (Å²) in [4.78, 5) is 27.2. The molecule has 6 nitrogen and oxygen atoms in total. The summed E-state index contributed by atoms with van der Waals surface area (Å²) >= 11 is 0. The molecule has 0 bridgehead atoms. The number of rotatable bonds is 3. The Hall–Kier alpha value is -2.11. The molecule has 1 aliphatic carbocycles. The summed E-state index contributed by atoms with van der Waals surface area (Å²) in [5.74, 6) is -0.126. The van der Waals surface area contributed by atoms with E-state index < -0.39 is 0 Å². The van der Waals surface area contributed by atoms with Crippen molar-refractivity contribution in [1.29, 1.82) is 0 Å². The summed E-state index contributed by atoms with van der Waals surface area (Å²) in [7, 11) is 0. The van der Waals surface area contributed by atoms with Gasteiger partial charge in [-0.1, -0.05) is 12.5 Å². The van der Waals surface area contributed by atoms with Crippen LogP contribution in [0.25, 0.3) is 0 Å². The lowest BCUT2D eigenvalue weighted by Gasteiger charge is -2.18. The molecule has 0 radical (unpaired) electrons. The number of nitrogens with one attached hydrogen (secondary N) is 2. The molecule has 102 valence electrons. The summed E-state index contributed by atoms with van der Waals surface area (Å²) < 4.78 is 0. The molecule has 6 heteroatoms. The van der Waals surface area contributed by atoms with E-state index >= 15 is 0 Å². The molecule has 1 aliphatic rings. The molecule has 1 fully saturated rings. The van der Waals surface area contributed by atoms with Gasteiger partial charge >= 0.3 is 6.03 Å². The quantitative estimate of drug-likeness (QED) is 0.762. The van der Waals surface area contributed by atoms with Gasteiger partial charge in [-0.05, 0) is 31.9 Å². The normalized spacial score (nSPS) is 21.9. The highest BCUT2D eigenvalue weighted by Gasteiger charge is 2.32. The van der Waals surface area contributed by atoms with E-state index in [0.29, 0.717) is 5.82 Å². The maximum atomic E-state index is 11.8. The van der Waals surface area contributed by atoms with Crippen LogP contribution in [0, 0.1) is 12.8 Å². The smallest absolute Gasteiger partial charge is 0.320 e. The van der Waals surface area contributed by atoms with Gasteiger partial charge in [-0.3, -0.25) is 10.1 Å². The van der Waals surface area contributed by atoms with E-state index in [-0.39, 0.29) is 23.9 Å². The number of aryl methyl sites for hydroxylation is 1. The molecule has 3 amide bonds. The molecule has 4 N–H and O–H groups in total. The Labute approximate surface area is 111 Å². The maximum Gasteiger partial charge on any atom is 0.320 e. The number of hydrogen-bond acceptors (Lipinski definition) is 3. The minimum atomic E-state index is -0.351. The molecule has 0 aliphatic heterocycles. The van der Waals surface area contributed by atoms with Crippen LogP contribution in [0.3, 0.4) is 0 Å². The summed E-state index contributed by atoms with van der Waals surface area (Å²) in [6.07, 6.45) is 2.42. The van der Waals surface area contributed by atoms with Crippen LogP contribution in [0.2, 0.25) is 0 Å². The third-order valence-electron chi connectivity index (χ3n) is 3.33. The Morgan fingerprint density at radius 3 is 2.84 bits per heavy atom. The second-order valence-corrected chi connectivity index (χ2v) is 4.81. The zero-order valence-corrected chi connectivity index (χ0v) is 10.8. The van der Waals surface area contributed by atoms with Crippen molar-refractivity contribution in [3.8, 4) is 0 Å². The Morgan fingerprint density at radius 2 is 2.16 bits per heavy atom. The molecular formula is C13H18N4O2. The number of nitrogens with zero attached hydrogens (tertiary/aromatic N) is 1. The van der Waals surface area contributed by atoms with Crippen molar-refractivity contribution in [1.82, 2.24) is 10.3 Å². The summed E-state index contributed by atoms with van der Waals surface area (Å²) in [6.45, 7) is 1.85. The monoisotopic (exact) mass is 262 g/mol. The largest absolute Gasteiger partial charge is 0.369 e. The van der Waals surface area contributed by atoms with Gasteiger partial charge in [0.25, 0.3) is 0 Å². The molecule has 2 rings (SSSR count).